The minimum absolute atomic E-state index is 0.0603. The zero-order valence-corrected chi connectivity index (χ0v) is 13.5. The summed E-state index contributed by atoms with van der Waals surface area (Å²) >= 11 is 0. The van der Waals surface area contributed by atoms with E-state index in [-0.39, 0.29) is 5.91 Å². The third kappa shape index (κ3) is 4.87. The molecule has 3 heteroatoms. The smallest absolute Gasteiger partial charge is 0.260 e. The van der Waals surface area contributed by atoms with E-state index in [4.69, 9.17) is 4.74 Å². The Morgan fingerprint density at radius 3 is 2.40 bits per heavy atom. The highest BCUT2D eigenvalue weighted by atomic mass is 16.5. The predicted molar refractivity (Wildman–Crippen MR) is 83.2 cm³/mol. The van der Waals surface area contributed by atoms with Crippen molar-refractivity contribution in [3.63, 3.8) is 0 Å². The summed E-state index contributed by atoms with van der Waals surface area (Å²) in [6, 6.07) is 6.15. The molecule has 0 aliphatic carbocycles. The predicted octanol–water partition coefficient (Wildman–Crippen LogP) is 3.66. The van der Waals surface area contributed by atoms with Gasteiger partial charge in [0, 0.05) is 6.54 Å². The van der Waals surface area contributed by atoms with E-state index in [0.29, 0.717) is 18.4 Å². The first-order valence-electron chi connectivity index (χ1n) is 7.36. The Balaban J connectivity index is 2.76. The average molecular weight is 277 g/mol. The molecule has 0 aromatic heterocycles. The third-order valence-corrected chi connectivity index (χ3v) is 3.15. The van der Waals surface area contributed by atoms with Crippen LogP contribution in [-0.4, -0.2) is 18.6 Å². The average Bonchev–Trinajstić information content (AvgIpc) is 2.35. The first-order chi connectivity index (χ1) is 9.31. The van der Waals surface area contributed by atoms with Crippen molar-refractivity contribution in [1.29, 1.82) is 0 Å². The van der Waals surface area contributed by atoms with Crippen LogP contribution in [-0.2, 0) is 4.79 Å². The van der Waals surface area contributed by atoms with E-state index in [1.807, 2.05) is 13.0 Å². The first-order valence-corrected chi connectivity index (χ1v) is 7.36. The van der Waals surface area contributed by atoms with E-state index in [1.165, 1.54) is 0 Å². The van der Waals surface area contributed by atoms with E-state index in [2.05, 4.69) is 45.1 Å². The molecule has 0 aliphatic heterocycles. The van der Waals surface area contributed by atoms with Gasteiger partial charge in [-0.05, 0) is 42.9 Å². The maximum atomic E-state index is 12.0. The van der Waals surface area contributed by atoms with Crippen LogP contribution in [0.4, 0.5) is 0 Å². The SMILES string of the molecule is Cc1ccc(C(C)C)c(O[C@H](C)C(=O)NCC(C)C)c1. The maximum Gasteiger partial charge on any atom is 0.260 e. The lowest BCUT2D eigenvalue weighted by molar-refractivity contribution is -0.127. The van der Waals surface area contributed by atoms with Crippen molar-refractivity contribution >= 4 is 5.91 Å². The van der Waals surface area contributed by atoms with Crippen molar-refractivity contribution < 1.29 is 9.53 Å². The van der Waals surface area contributed by atoms with E-state index in [1.54, 1.807) is 6.92 Å². The summed E-state index contributed by atoms with van der Waals surface area (Å²) < 4.78 is 5.87. The largest absolute Gasteiger partial charge is 0.481 e. The number of ether oxygens (including phenoxy) is 1. The summed E-state index contributed by atoms with van der Waals surface area (Å²) in [4.78, 5) is 12.0. The van der Waals surface area contributed by atoms with Crippen molar-refractivity contribution in [1.82, 2.24) is 5.32 Å². The fourth-order valence-electron chi connectivity index (χ4n) is 1.91. The molecule has 0 spiro atoms. The number of benzene rings is 1. The fraction of sp³-hybridized carbons (Fsp3) is 0.588. The highest BCUT2D eigenvalue weighted by Crippen LogP contribution is 2.28. The molecule has 0 unspecified atom stereocenters. The summed E-state index contributed by atoms with van der Waals surface area (Å²) in [6.07, 6.45) is -0.479. The zero-order chi connectivity index (χ0) is 15.3. The second-order valence-corrected chi connectivity index (χ2v) is 6.10. The summed E-state index contributed by atoms with van der Waals surface area (Å²) in [5.74, 6) is 1.56. The lowest BCUT2D eigenvalue weighted by Gasteiger charge is -2.19. The van der Waals surface area contributed by atoms with Crippen LogP contribution in [0.3, 0.4) is 0 Å². The Hall–Kier alpha value is -1.51. The molecule has 0 heterocycles. The van der Waals surface area contributed by atoms with E-state index < -0.39 is 6.10 Å². The van der Waals surface area contributed by atoms with Gasteiger partial charge in [-0.1, -0.05) is 39.8 Å². The van der Waals surface area contributed by atoms with E-state index in [9.17, 15) is 4.79 Å². The third-order valence-electron chi connectivity index (χ3n) is 3.15. The molecule has 0 fully saturated rings. The number of carbonyl (C=O) groups excluding carboxylic acids is 1. The maximum absolute atomic E-state index is 12.0. The molecule has 0 saturated heterocycles. The summed E-state index contributed by atoms with van der Waals surface area (Å²) in [6.45, 7) is 12.9. The van der Waals surface area contributed by atoms with E-state index >= 15 is 0 Å². The zero-order valence-electron chi connectivity index (χ0n) is 13.5. The number of carbonyl (C=O) groups is 1. The first kappa shape index (κ1) is 16.5. The lowest BCUT2D eigenvalue weighted by Crippen LogP contribution is -2.38. The van der Waals surface area contributed by atoms with Crippen LogP contribution in [0.1, 0.15) is 51.7 Å². The molecule has 1 rings (SSSR count). The quantitative estimate of drug-likeness (QED) is 0.861. The highest BCUT2D eigenvalue weighted by Gasteiger charge is 2.17. The molecule has 1 N–H and O–H groups in total. The molecule has 112 valence electrons. The molecule has 0 aliphatic rings. The Morgan fingerprint density at radius 1 is 1.20 bits per heavy atom. The van der Waals surface area contributed by atoms with Gasteiger partial charge in [-0.15, -0.1) is 0 Å². The van der Waals surface area contributed by atoms with Gasteiger partial charge in [0.2, 0.25) is 0 Å². The van der Waals surface area contributed by atoms with Crippen LogP contribution in [0.25, 0.3) is 0 Å². The van der Waals surface area contributed by atoms with Crippen LogP contribution in [0.5, 0.6) is 5.75 Å². The number of hydrogen-bond acceptors (Lipinski definition) is 2. The Kier molecular flexibility index (Phi) is 6.05. The molecule has 1 amide bonds. The van der Waals surface area contributed by atoms with Crippen molar-refractivity contribution in [3.8, 4) is 5.75 Å². The van der Waals surface area contributed by atoms with Crippen LogP contribution < -0.4 is 10.1 Å². The fourth-order valence-corrected chi connectivity index (χ4v) is 1.91. The van der Waals surface area contributed by atoms with Crippen LogP contribution in [0.15, 0.2) is 18.2 Å². The van der Waals surface area contributed by atoms with Gasteiger partial charge in [0.25, 0.3) is 5.91 Å². The minimum Gasteiger partial charge on any atom is -0.481 e. The monoisotopic (exact) mass is 277 g/mol. The standard InChI is InChI=1S/C17H27NO2/c1-11(2)10-18-17(19)14(6)20-16-9-13(5)7-8-15(16)12(3)4/h7-9,11-12,14H,10H2,1-6H3,(H,18,19)/t14-/m1/s1. The second-order valence-electron chi connectivity index (χ2n) is 6.10. The van der Waals surface area contributed by atoms with Crippen LogP contribution in [0.2, 0.25) is 0 Å². The summed E-state index contributed by atoms with van der Waals surface area (Å²) in [5.41, 5.74) is 2.28. The van der Waals surface area contributed by atoms with Gasteiger partial charge in [0.15, 0.2) is 6.10 Å². The Morgan fingerprint density at radius 2 is 1.85 bits per heavy atom. The molecule has 1 aromatic rings. The number of aryl methyl sites for hydroxylation is 1. The van der Waals surface area contributed by atoms with Gasteiger partial charge in [-0.3, -0.25) is 4.79 Å². The summed E-state index contributed by atoms with van der Waals surface area (Å²) in [7, 11) is 0. The second kappa shape index (κ2) is 7.32. The van der Waals surface area contributed by atoms with Gasteiger partial charge in [0.1, 0.15) is 5.75 Å². The Labute approximate surface area is 122 Å². The molecule has 20 heavy (non-hydrogen) atoms. The van der Waals surface area contributed by atoms with Gasteiger partial charge in [-0.2, -0.15) is 0 Å². The summed E-state index contributed by atoms with van der Waals surface area (Å²) in [5, 5.41) is 2.90. The molecular formula is C17H27NO2. The van der Waals surface area contributed by atoms with Gasteiger partial charge < -0.3 is 10.1 Å². The highest BCUT2D eigenvalue weighted by molar-refractivity contribution is 5.80. The van der Waals surface area contributed by atoms with Gasteiger partial charge >= 0.3 is 0 Å². The lowest BCUT2D eigenvalue weighted by atomic mass is 10.0. The number of amides is 1. The Bertz CT molecular complexity index is 452. The molecule has 3 nitrogen and oxygen atoms in total. The molecular weight excluding hydrogens is 250 g/mol. The minimum atomic E-state index is -0.479. The van der Waals surface area contributed by atoms with Crippen molar-refractivity contribution in [2.45, 2.75) is 53.6 Å². The molecule has 0 radical (unpaired) electrons. The van der Waals surface area contributed by atoms with Crippen molar-refractivity contribution in [2.75, 3.05) is 6.54 Å². The molecule has 1 atom stereocenters. The van der Waals surface area contributed by atoms with Gasteiger partial charge in [0.05, 0.1) is 0 Å². The van der Waals surface area contributed by atoms with Crippen molar-refractivity contribution in [2.24, 2.45) is 5.92 Å². The molecule has 0 bridgehead atoms. The normalized spacial score (nSPS) is 12.6. The van der Waals surface area contributed by atoms with Gasteiger partial charge in [-0.25, -0.2) is 0 Å². The topological polar surface area (TPSA) is 38.3 Å². The van der Waals surface area contributed by atoms with Crippen LogP contribution >= 0.6 is 0 Å². The van der Waals surface area contributed by atoms with Crippen molar-refractivity contribution in [3.05, 3.63) is 29.3 Å². The number of nitrogens with one attached hydrogen (secondary N) is 1. The molecule has 1 aromatic carbocycles. The number of hydrogen-bond donors (Lipinski definition) is 1. The molecule has 0 saturated carbocycles. The van der Waals surface area contributed by atoms with E-state index in [0.717, 1.165) is 16.9 Å². The number of rotatable bonds is 6. The van der Waals surface area contributed by atoms with Crippen LogP contribution in [0, 0.1) is 12.8 Å².